The van der Waals surface area contributed by atoms with Crippen molar-refractivity contribution in [1.29, 1.82) is 0 Å². The van der Waals surface area contributed by atoms with Crippen molar-refractivity contribution in [2.24, 2.45) is 12.0 Å². The summed E-state index contributed by atoms with van der Waals surface area (Å²) in [5.41, 5.74) is 2.84. The van der Waals surface area contributed by atoms with Crippen LogP contribution in [0.5, 0.6) is 0 Å². The fourth-order valence-corrected chi connectivity index (χ4v) is 3.45. The van der Waals surface area contributed by atoms with Crippen LogP contribution in [-0.4, -0.2) is 40.0 Å². The van der Waals surface area contributed by atoms with Crippen molar-refractivity contribution >= 4 is 12.0 Å². The number of fused-ring (bicyclic) bond motifs is 5. The highest BCUT2D eigenvalue weighted by Crippen LogP contribution is 2.42. The zero-order valence-electron chi connectivity index (χ0n) is 10.9. The first-order valence-corrected chi connectivity index (χ1v) is 6.63. The molecule has 1 aromatic heterocycles. The number of aryl methyl sites for hydroxylation is 1. The van der Waals surface area contributed by atoms with Gasteiger partial charge < -0.3 is 14.4 Å². The molecule has 94 valence electrons. The molecule has 1 atom stereocenters. The van der Waals surface area contributed by atoms with Gasteiger partial charge in [0.15, 0.2) is 0 Å². The Labute approximate surface area is 107 Å². The van der Waals surface area contributed by atoms with Gasteiger partial charge in [0.25, 0.3) is 0 Å². The van der Waals surface area contributed by atoms with Gasteiger partial charge in [-0.25, -0.2) is 0 Å². The van der Waals surface area contributed by atoms with E-state index in [0.717, 1.165) is 32.0 Å². The van der Waals surface area contributed by atoms with E-state index in [1.165, 1.54) is 11.3 Å². The zero-order chi connectivity index (χ0) is 12.3. The first-order valence-electron chi connectivity index (χ1n) is 6.63. The second-order valence-electron chi connectivity index (χ2n) is 5.60. The third-order valence-electron chi connectivity index (χ3n) is 4.60. The quantitative estimate of drug-likeness (QED) is 0.690. The molecule has 3 aliphatic rings. The highest BCUT2D eigenvalue weighted by Gasteiger charge is 2.45. The minimum Gasteiger partial charge on any atom is -0.351 e. The number of rotatable bonds is 0. The Bertz CT molecular complexity index is 568. The lowest BCUT2D eigenvalue weighted by Crippen LogP contribution is -2.56. The van der Waals surface area contributed by atoms with Crippen molar-refractivity contribution in [3.8, 4) is 0 Å². The summed E-state index contributed by atoms with van der Waals surface area (Å²) < 4.78 is 2.21. The van der Waals surface area contributed by atoms with Crippen LogP contribution in [0.1, 0.15) is 24.6 Å². The van der Waals surface area contributed by atoms with E-state index >= 15 is 0 Å². The minimum atomic E-state index is 0.0744. The van der Waals surface area contributed by atoms with Crippen LogP contribution in [0.2, 0.25) is 0 Å². The van der Waals surface area contributed by atoms with E-state index in [4.69, 9.17) is 0 Å². The highest BCUT2D eigenvalue weighted by molar-refractivity contribution is 5.86. The van der Waals surface area contributed by atoms with Crippen LogP contribution in [0, 0.1) is 0 Å². The monoisotopic (exact) mass is 242 g/mol. The lowest BCUT2D eigenvalue weighted by molar-refractivity contribution is 0.157. The maximum Gasteiger partial charge on any atom is 0.201 e. The highest BCUT2D eigenvalue weighted by atomic mass is 15.4. The Morgan fingerprint density at radius 2 is 2.22 bits per heavy atom. The van der Waals surface area contributed by atoms with Crippen LogP contribution < -0.4 is 0 Å². The Morgan fingerprint density at radius 3 is 3.11 bits per heavy atom. The zero-order valence-corrected chi connectivity index (χ0v) is 10.9. The van der Waals surface area contributed by atoms with Crippen molar-refractivity contribution in [1.82, 2.24) is 14.4 Å². The maximum atomic E-state index is 4.68. The molecule has 1 fully saturated rings. The Morgan fingerprint density at radius 1 is 1.33 bits per heavy atom. The molecule has 0 bridgehead atoms. The number of nitrogens with zero attached hydrogens (tertiary/aromatic N) is 4. The molecule has 0 spiro atoms. The first-order chi connectivity index (χ1) is 8.70. The second-order valence-corrected chi connectivity index (χ2v) is 5.60. The molecule has 0 N–H and O–H groups in total. The van der Waals surface area contributed by atoms with E-state index in [1.807, 2.05) is 0 Å². The van der Waals surface area contributed by atoms with E-state index in [1.54, 1.807) is 0 Å². The van der Waals surface area contributed by atoms with Crippen molar-refractivity contribution in [3.63, 3.8) is 0 Å². The Hall–Kier alpha value is -1.71. The molecule has 1 unspecified atom stereocenters. The summed E-state index contributed by atoms with van der Waals surface area (Å²) in [6.07, 6.45) is 7.74. The molecule has 3 aliphatic heterocycles. The van der Waals surface area contributed by atoms with Gasteiger partial charge in [-0.3, -0.25) is 4.99 Å². The van der Waals surface area contributed by atoms with E-state index in [-0.39, 0.29) is 5.54 Å². The third-order valence-corrected chi connectivity index (χ3v) is 4.60. The first kappa shape index (κ1) is 10.2. The maximum absolute atomic E-state index is 4.68. The number of aliphatic imine (C=N–C) groups is 1. The molecule has 0 amide bonds. The molecule has 4 heterocycles. The van der Waals surface area contributed by atoms with Crippen LogP contribution in [0.25, 0.3) is 6.08 Å². The van der Waals surface area contributed by atoms with Crippen molar-refractivity contribution in [2.75, 3.05) is 19.6 Å². The van der Waals surface area contributed by atoms with Crippen LogP contribution in [0.4, 0.5) is 0 Å². The van der Waals surface area contributed by atoms with Crippen molar-refractivity contribution in [2.45, 2.75) is 18.9 Å². The summed E-state index contributed by atoms with van der Waals surface area (Å²) in [6.45, 7) is 5.48. The molecular weight excluding hydrogens is 224 g/mol. The van der Waals surface area contributed by atoms with Crippen LogP contribution in [-0.2, 0) is 12.6 Å². The number of aromatic nitrogens is 1. The summed E-state index contributed by atoms with van der Waals surface area (Å²) in [5.74, 6) is 1.16. The average molecular weight is 242 g/mol. The number of hydrogen-bond acceptors (Lipinski definition) is 3. The summed E-state index contributed by atoms with van der Waals surface area (Å²) in [4.78, 5) is 9.45. The van der Waals surface area contributed by atoms with Gasteiger partial charge in [-0.1, -0.05) is 0 Å². The topological polar surface area (TPSA) is 23.8 Å². The molecule has 0 radical (unpaired) electrons. The van der Waals surface area contributed by atoms with Gasteiger partial charge in [-0.15, -0.1) is 0 Å². The molecule has 0 saturated carbocycles. The van der Waals surface area contributed by atoms with Gasteiger partial charge in [0.05, 0.1) is 12.1 Å². The third kappa shape index (κ3) is 1.08. The van der Waals surface area contributed by atoms with E-state index in [0.29, 0.717) is 0 Å². The fourth-order valence-electron chi connectivity index (χ4n) is 3.45. The van der Waals surface area contributed by atoms with Crippen molar-refractivity contribution in [3.05, 3.63) is 29.7 Å². The van der Waals surface area contributed by atoms with E-state index < -0.39 is 0 Å². The lowest BCUT2D eigenvalue weighted by atomic mass is 9.83. The predicted molar refractivity (Wildman–Crippen MR) is 72.1 cm³/mol. The number of guanidine groups is 1. The summed E-state index contributed by atoms with van der Waals surface area (Å²) in [5, 5.41) is 0. The largest absolute Gasteiger partial charge is 0.351 e. The SMILES string of the molecule is Cn1ccc2c1C=CN1C3=NCCN3CCC21C. The smallest absolute Gasteiger partial charge is 0.201 e. The molecular formula is C14H18N4. The average Bonchev–Trinajstić information content (AvgIpc) is 2.96. The van der Waals surface area contributed by atoms with Gasteiger partial charge in [-0.2, -0.15) is 0 Å². The van der Waals surface area contributed by atoms with E-state index in [2.05, 4.69) is 57.9 Å². The van der Waals surface area contributed by atoms with Crippen molar-refractivity contribution < 1.29 is 0 Å². The summed E-state index contributed by atoms with van der Waals surface area (Å²) in [7, 11) is 2.12. The molecule has 18 heavy (non-hydrogen) atoms. The summed E-state index contributed by atoms with van der Waals surface area (Å²) >= 11 is 0. The van der Waals surface area contributed by atoms with Gasteiger partial charge in [-0.05, 0) is 25.5 Å². The molecule has 1 aromatic rings. The van der Waals surface area contributed by atoms with Crippen LogP contribution in [0.15, 0.2) is 23.5 Å². The Kier molecular flexibility index (Phi) is 1.81. The van der Waals surface area contributed by atoms with E-state index in [9.17, 15) is 0 Å². The summed E-state index contributed by atoms with van der Waals surface area (Å²) in [6, 6.07) is 2.26. The van der Waals surface area contributed by atoms with Gasteiger partial charge in [0.2, 0.25) is 5.96 Å². The Balaban J connectivity index is 1.88. The molecule has 4 nitrogen and oxygen atoms in total. The van der Waals surface area contributed by atoms with Crippen LogP contribution in [0.3, 0.4) is 0 Å². The lowest BCUT2D eigenvalue weighted by Gasteiger charge is -2.49. The number of hydrogen-bond donors (Lipinski definition) is 0. The van der Waals surface area contributed by atoms with Gasteiger partial charge in [0, 0.05) is 43.8 Å². The second kappa shape index (κ2) is 3.19. The van der Waals surface area contributed by atoms with Gasteiger partial charge >= 0.3 is 0 Å². The van der Waals surface area contributed by atoms with Crippen LogP contribution >= 0.6 is 0 Å². The molecule has 0 aromatic carbocycles. The molecule has 4 heteroatoms. The minimum absolute atomic E-state index is 0.0744. The van der Waals surface area contributed by atoms with Gasteiger partial charge in [0.1, 0.15) is 0 Å². The fraction of sp³-hybridized carbons (Fsp3) is 0.500. The predicted octanol–water partition coefficient (Wildman–Crippen LogP) is 1.60. The normalized spacial score (nSPS) is 28.9. The molecule has 1 saturated heterocycles. The standard InChI is InChI=1S/C14H18N4/c1-14-5-9-17-10-6-15-13(17)18(14)8-4-12-11(14)3-7-16(12)2/h3-4,7-8H,5-6,9-10H2,1-2H3. The molecule has 0 aliphatic carbocycles. The molecule has 4 rings (SSSR count).